The highest BCUT2D eigenvalue weighted by molar-refractivity contribution is 7.99. The van der Waals surface area contributed by atoms with Crippen LogP contribution in [0.4, 0.5) is 10.2 Å². The molecule has 2 aliphatic rings. The van der Waals surface area contributed by atoms with E-state index >= 15 is 0 Å². The Bertz CT molecular complexity index is 1730. The van der Waals surface area contributed by atoms with E-state index in [2.05, 4.69) is 25.6 Å². The highest BCUT2D eigenvalue weighted by Crippen LogP contribution is 2.44. The van der Waals surface area contributed by atoms with E-state index in [1.165, 1.54) is 12.1 Å². The lowest BCUT2D eigenvalue weighted by molar-refractivity contribution is -0.0629. The average Bonchev–Trinajstić information content (AvgIpc) is 3.39. The number of aliphatic hydroxyl groups excluding tert-OH is 1. The number of hydrogen-bond donors (Lipinski definition) is 4. The number of thioether (sulfide) groups is 1. The van der Waals surface area contributed by atoms with Crippen LogP contribution >= 0.6 is 11.8 Å². The van der Waals surface area contributed by atoms with Crippen molar-refractivity contribution in [2.45, 2.75) is 74.4 Å². The van der Waals surface area contributed by atoms with Gasteiger partial charge in [-0.05, 0) is 36.9 Å². The third-order valence-electron chi connectivity index (χ3n) is 5.51. The molecule has 0 radical (unpaired) electrons. The largest absolute Gasteiger partial charge is 0.394 e. The maximum Gasteiger partial charge on any atom is 0.191 e. The minimum atomic E-state index is -3.95. The van der Waals surface area contributed by atoms with Crippen molar-refractivity contribution in [1.29, 1.82) is 0 Å². The van der Waals surface area contributed by atoms with Crippen molar-refractivity contribution >= 4 is 28.7 Å². The quantitative estimate of drug-likeness (QED) is 0.228. The fourth-order valence-corrected chi connectivity index (χ4v) is 4.08. The van der Waals surface area contributed by atoms with Gasteiger partial charge in [-0.1, -0.05) is 36.0 Å². The molecule has 2 aromatic heterocycles. The summed E-state index contributed by atoms with van der Waals surface area (Å²) >= 11 is 0.184. The van der Waals surface area contributed by atoms with E-state index in [0.29, 0.717) is 11.1 Å². The molecule has 36 heavy (non-hydrogen) atoms. The molecule has 2 saturated carbocycles. The van der Waals surface area contributed by atoms with E-state index in [4.69, 9.17) is 19.8 Å². The second kappa shape index (κ2) is 10.5. The topological polar surface area (TPSA) is 138 Å². The number of anilines is 1. The fourth-order valence-electron chi connectivity index (χ4n) is 3.62. The lowest BCUT2D eigenvalue weighted by atomic mass is 10.1. The highest BCUT2D eigenvalue weighted by Gasteiger charge is 2.45. The zero-order valence-electron chi connectivity index (χ0n) is 30.2. The Morgan fingerprint density at radius 3 is 2.94 bits per heavy atom. The summed E-state index contributed by atoms with van der Waals surface area (Å²) < 4.78 is 112. The molecule has 5 rings (SSSR count). The van der Waals surface area contributed by atoms with Crippen molar-refractivity contribution in [3.8, 4) is 0 Å². The smallest absolute Gasteiger partial charge is 0.191 e. The number of fused-ring (bicyclic) bond motifs is 1. The molecule has 0 spiro atoms. The molecule has 4 N–H and O–H groups in total. The summed E-state index contributed by atoms with van der Waals surface area (Å²) in [5, 5.41) is 41.3. The number of rotatable bonds is 10. The summed E-state index contributed by atoms with van der Waals surface area (Å²) in [6.07, 6.45) is -17.5. The Balaban J connectivity index is 1.68. The molecule has 0 aliphatic heterocycles. The maximum absolute atomic E-state index is 14.3. The van der Waals surface area contributed by atoms with E-state index in [1.54, 1.807) is 13.0 Å². The third kappa shape index (κ3) is 4.92. The molecule has 6 atom stereocenters. The molecule has 2 aliphatic carbocycles. The Labute approximate surface area is 227 Å². The minimum Gasteiger partial charge on any atom is -0.394 e. The van der Waals surface area contributed by atoms with Crippen LogP contribution in [-0.2, 0) is 4.74 Å². The number of ether oxygens (including phenoxy) is 1. The second-order valence-corrected chi connectivity index (χ2v) is 8.72. The predicted molar refractivity (Wildman–Crippen MR) is 133 cm³/mol. The third-order valence-corrected chi connectivity index (χ3v) is 6.18. The Hall–Kier alpha value is -2.38. The summed E-state index contributed by atoms with van der Waals surface area (Å²) in [5.74, 6) is -2.17. The van der Waals surface area contributed by atoms with Crippen molar-refractivity contribution in [3.63, 3.8) is 0 Å². The van der Waals surface area contributed by atoms with Gasteiger partial charge in [0.2, 0.25) is 0 Å². The van der Waals surface area contributed by atoms with Crippen LogP contribution in [-0.4, -0.2) is 83.5 Å². The number of halogens is 1. The van der Waals surface area contributed by atoms with Gasteiger partial charge in [-0.15, -0.1) is 5.10 Å². The molecule has 1 aromatic carbocycles. The zero-order chi connectivity index (χ0) is 35.4. The van der Waals surface area contributed by atoms with E-state index in [1.807, 2.05) is 0 Å². The molecule has 3 aromatic rings. The van der Waals surface area contributed by atoms with E-state index < -0.39 is 84.5 Å². The molecule has 10 nitrogen and oxygen atoms in total. The number of hydrogen-bond acceptors (Lipinski definition) is 10. The van der Waals surface area contributed by atoms with Crippen molar-refractivity contribution in [2.24, 2.45) is 0 Å². The average molecular weight is 530 g/mol. The van der Waals surface area contributed by atoms with Gasteiger partial charge in [0.1, 0.15) is 18.0 Å². The van der Waals surface area contributed by atoms with Crippen LogP contribution < -0.4 is 5.32 Å². The molecule has 12 heteroatoms. The van der Waals surface area contributed by atoms with Crippen LogP contribution in [0.2, 0.25) is 0 Å². The Morgan fingerprint density at radius 2 is 2.19 bits per heavy atom. The van der Waals surface area contributed by atoms with Crippen molar-refractivity contribution in [1.82, 2.24) is 25.0 Å². The summed E-state index contributed by atoms with van der Waals surface area (Å²) in [6.45, 7) is 0.875. The van der Waals surface area contributed by atoms with Crippen LogP contribution in [0.25, 0.3) is 11.2 Å². The number of aromatic nitrogens is 5. The molecule has 0 unspecified atom stereocenters. The van der Waals surface area contributed by atoms with E-state index in [9.17, 15) is 19.7 Å². The SMILES string of the molecule is [2H]C([2H])(C)C([2H])([2H])Sc1nc(N[C@@H]2C[C@@]2([2H])c2ccc(C)c(F)c2)c2nnn([C@]3([2H])C([2H])([2H])[C@]([2H])(OCCO)[C@@]([2H])(O)[C@@]3([2H])O)c2n1. The predicted octanol–water partition coefficient (Wildman–Crippen LogP) is 2.18. The van der Waals surface area contributed by atoms with Crippen molar-refractivity contribution < 1.29 is 39.5 Å². The number of nitrogens with zero attached hydrogens (tertiary/aromatic N) is 5. The minimum absolute atomic E-state index is 0.128. The molecule has 0 bridgehead atoms. The van der Waals surface area contributed by atoms with Gasteiger partial charge in [-0.25, -0.2) is 19.0 Å². The number of nitrogens with one attached hydrogen (secondary N) is 1. The molecule has 0 saturated heterocycles. The first-order valence-electron chi connectivity index (χ1n) is 16.4. The van der Waals surface area contributed by atoms with Crippen molar-refractivity contribution in [2.75, 3.05) is 24.2 Å². The van der Waals surface area contributed by atoms with Gasteiger partial charge >= 0.3 is 0 Å². The number of benzene rings is 1. The molecule has 2 fully saturated rings. The van der Waals surface area contributed by atoms with Crippen LogP contribution in [0.15, 0.2) is 23.4 Å². The monoisotopic (exact) mass is 529 g/mol. The van der Waals surface area contributed by atoms with Crippen molar-refractivity contribution in [3.05, 3.63) is 35.1 Å². The fraction of sp³-hybridized carbons (Fsp3) is 0.583. The van der Waals surface area contributed by atoms with Gasteiger partial charge in [0.05, 0.1) is 30.8 Å². The van der Waals surface area contributed by atoms with Crippen LogP contribution in [0.3, 0.4) is 0 Å². The van der Waals surface area contributed by atoms with Gasteiger partial charge < -0.3 is 25.4 Å². The number of aryl methyl sites for hydroxylation is 1. The first-order chi connectivity index (χ1) is 21.3. The van der Waals surface area contributed by atoms with Crippen LogP contribution in [0, 0.1) is 12.7 Å². The highest BCUT2D eigenvalue weighted by atomic mass is 32.2. The summed E-state index contributed by atoms with van der Waals surface area (Å²) in [5.41, 5.74) is -3.04. The zero-order valence-corrected chi connectivity index (χ0v) is 20.0. The standard InChI is InChI=1S/C24H31FN6O4S/c1-3-8-36-24-27-22(26-16-10-14(16)13-5-4-12(2)15(25)9-13)19-23(28-24)31(30-29-19)17-11-18(35-7-6-32)21(34)20(17)33/h4-5,9,14,16-18,20-21,32-34H,3,6-8,10-11H2,1-2H3,(H,26,27,28)/t14-,16+,17+,18-,20-,21+/m0/s1/i3D2,8D2,11D2,14D,17D,18D,20D,21D. The van der Waals surface area contributed by atoms with E-state index in [0.717, 1.165) is 6.92 Å². The first-order valence-corrected chi connectivity index (χ1v) is 11.7. The summed E-state index contributed by atoms with van der Waals surface area (Å²) in [6, 6.07) is -0.110. The molecule has 194 valence electrons. The summed E-state index contributed by atoms with van der Waals surface area (Å²) in [4.78, 5) is 8.32. The normalized spacial score (nSPS) is 44.5. The van der Waals surface area contributed by atoms with Gasteiger partial charge in [-0.2, -0.15) is 0 Å². The number of aliphatic hydroxyl groups is 3. The molecular weight excluding hydrogens is 487 g/mol. The van der Waals surface area contributed by atoms with E-state index in [-0.39, 0.29) is 34.2 Å². The Kier molecular flexibility index (Phi) is 4.43. The van der Waals surface area contributed by atoms with Crippen LogP contribution in [0.5, 0.6) is 0 Å². The summed E-state index contributed by atoms with van der Waals surface area (Å²) in [7, 11) is 0. The van der Waals surface area contributed by atoms with Gasteiger partial charge in [0, 0.05) is 33.6 Å². The lowest BCUT2D eigenvalue weighted by Crippen LogP contribution is -2.33. The lowest BCUT2D eigenvalue weighted by Gasteiger charge is -2.17. The maximum atomic E-state index is 14.3. The Morgan fingerprint density at radius 1 is 1.36 bits per heavy atom. The van der Waals surface area contributed by atoms with Crippen LogP contribution in [0.1, 0.15) is 64.2 Å². The molecule has 0 amide bonds. The first kappa shape index (κ1) is 15.1. The van der Waals surface area contributed by atoms with Gasteiger partial charge in [-0.3, -0.25) is 0 Å². The second-order valence-electron chi connectivity index (χ2n) is 7.94. The van der Waals surface area contributed by atoms with Gasteiger partial charge in [0.15, 0.2) is 22.1 Å². The molecule has 2 heterocycles. The van der Waals surface area contributed by atoms with Gasteiger partial charge in [0.25, 0.3) is 0 Å². The molecular formula is C24H31FN6O4S.